The first-order valence-corrected chi connectivity index (χ1v) is 9.64. The molecule has 0 atom stereocenters. The predicted octanol–water partition coefficient (Wildman–Crippen LogP) is 2.57. The molecular weight excluding hydrogens is 356 g/mol. The van der Waals surface area contributed by atoms with Crippen LogP contribution in [0.25, 0.3) is 0 Å². The van der Waals surface area contributed by atoms with E-state index < -0.39 is 0 Å². The molecule has 0 spiro atoms. The van der Waals surface area contributed by atoms with Crippen molar-refractivity contribution in [3.8, 4) is 0 Å². The van der Waals surface area contributed by atoms with Crippen LogP contribution in [0.15, 0.2) is 5.16 Å². The second kappa shape index (κ2) is 7.78. The minimum absolute atomic E-state index is 0.509. The van der Waals surface area contributed by atoms with Crippen LogP contribution in [0.4, 0.5) is 5.95 Å². The molecule has 1 aliphatic heterocycles. The van der Waals surface area contributed by atoms with Crippen LogP contribution in [0.2, 0.25) is 4.34 Å². The molecule has 0 saturated carbocycles. The Kier molecular flexibility index (Phi) is 5.73. The smallest absolute Gasteiger partial charge is 0.228 e. The molecule has 0 amide bonds. The summed E-state index contributed by atoms with van der Waals surface area (Å²) in [6.07, 6.45) is 0. The zero-order valence-corrected chi connectivity index (χ0v) is 15.5. The van der Waals surface area contributed by atoms with Crippen molar-refractivity contribution in [1.29, 1.82) is 0 Å². The lowest BCUT2D eigenvalue weighted by Gasteiger charge is -2.28. The standard InChI is InChI=1S/C13H19ClN6OS2/c1-9(2)7-20-12(19-3-5-21-6-4-19)16-17-13(20)22-8-10-11(14)23-18-15-10/h9H,3-8H2,1-2H3. The van der Waals surface area contributed by atoms with Crippen molar-refractivity contribution in [3.05, 3.63) is 10.0 Å². The van der Waals surface area contributed by atoms with E-state index in [4.69, 9.17) is 16.3 Å². The molecule has 0 aromatic carbocycles. The number of thioether (sulfide) groups is 1. The molecule has 126 valence electrons. The number of nitrogens with zero attached hydrogens (tertiary/aromatic N) is 6. The Morgan fingerprint density at radius 1 is 1.26 bits per heavy atom. The van der Waals surface area contributed by atoms with Gasteiger partial charge in [-0.2, -0.15) is 0 Å². The van der Waals surface area contributed by atoms with Crippen LogP contribution in [0.1, 0.15) is 19.5 Å². The van der Waals surface area contributed by atoms with Crippen LogP contribution in [-0.2, 0) is 17.0 Å². The maximum Gasteiger partial charge on any atom is 0.228 e. The molecule has 0 N–H and O–H groups in total. The minimum atomic E-state index is 0.509. The van der Waals surface area contributed by atoms with Crippen molar-refractivity contribution in [2.45, 2.75) is 31.3 Å². The fourth-order valence-electron chi connectivity index (χ4n) is 2.33. The lowest BCUT2D eigenvalue weighted by molar-refractivity contribution is 0.121. The van der Waals surface area contributed by atoms with Crippen molar-refractivity contribution >= 4 is 40.8 Å². The SMILES string of the molecule is CC(C)Cn1c(SCc2nnsc2Cl)nnc1N1CCOCC1. The Labute approximate surface area is 148 Å². The van der Waals surface area contributed by atoms with E-state index in [9.17, 15) is 0 Å². The molecule has 23 heavy (non-hydrogen) atoms. The van der Waals surface area contributed by atoms with E-state index in [0.717, 1.165) is 49.6 Å². The molecule has 3 heterocycles. The normalized spacial score (nSPS) is 15.6. The van der Waals surface area contributed by atoms with Crippen molar-refractivity contribution < 1.29 is 4.74 Å². The van der Waals surface area contributed by atoms with E-state index in [0.29, 0.717) is 16.0 Å². The van der Waals surface area contributed by atoms with Gasteiger partial charge in [-0.25, -0.2) is 0 Å². The summed E-state index contributed by atoms with van der Waals surface area (Å²) in [6.45, 7) is 8.43. The number of morpholine rings is 1. The first-order valence-electron chi connectivity index (χ1n) is 7.50. The first kappa shape index (κ1) is 16.9. The highest BCUT2D eigenvalue weighted by molar-refractivity contribution is 7.98. The number of rotatable bonds is 6. The molecule has 3 rings (SSSR count). The monoisotopic (exact) mass is 374 g/mol. The van der Waals surface area contributed by atoms with Gasteiger partial charge in [0.05, 0.1) is 13.2 Å². The zero-order valence-electron chi connectivity index (χ0n) is 13.1. The van der Waals surface area contributed by atoms with Gasteiger partial charge < -0.3 is 9.64 Å². The van der Waals surface area contributed by atoms with Crippen molar-refractivity contribution in [3.63, 3.8) is 0 Å². The van der Waals surface area contributed by atoms with Gasteiger partial charge in [-0.15, -0.1) is 15.3 Å². The summed E-state index contributed by atoms with van der Waals surface area (Å²) in [5.41, 5.74) is 0.800. The van der Waals surface area contributed by atoms with E-state index in [-0.39, 0.29) is 0 Å². The van der Waals surface area contributed by atoms with E-state index in [1.54, 1.807) is 11.8 Å². The molecule has 2 aromatic rings. The summed E-state index contributed by atoms with van der Waals surface area (Å²) < 4.78 is 12.1. The van der Waals surface area contributed by atoms with Crippen LogP contribution < -0.4 is 4.90 Å². The highest BCUT2D eigenvalue weighted by atomic mass is 35.5. The lowest BCUT2D eigenvalue weighted by atomic mass is 10.2. The maximum atomic E-state index is 6.07. The summed E-state index contributed by atoms with van der Waals surface area (Å²) in [5.74, 6) is 2.08. The lowest BCUT2D eigenvalue weighted by Crippen LogP contribution is -2.38. The van der Waals surface area contributed by atoms with Gasteiger partial charge >= 0.3 is 0 Å². The van der Waals surface area contributed by atoms with E-state index in [1.807, 2.05) is 0 Å². The van der Waals surface area contributed by atoms with Crippen LogP contribution in [0.5, 0.6) is 0 Å². The fraction of sp³-hybridized carbons (Fsp3) is 0.692. The third-order valence-corrected chi connectivity index (χ3v) is 5.35. The number of hydrogen-bond donors (Lipinski definition) is 0. The third-order valence-electron chi connectivity index (χ3n) is 3.39. The number of hydrogen-bond acceptors (Lipinski definition) is 8. The van der Waals surface area contributed by atoms with E-state index in [2.05, 4.69) is 43.1 Å². The molecule has 1 fully saturated rings. The predicted molar refractivity (Wildman–Crippen MR) is 92.4 cm³/mol. The molecule has 10 heteroatoms. The number of anilines is 1. The van der Waals surface area contributed by atoms with E-state index in [1.165, 1.54) is 11.5 Å². The largest absolute Gasteiger partial charge is 0.378 e. The van der Waals surface area contributed by atoms with Gasteiger partial charge in [0.15, 0.2) is 5.16 Å². The van der Waals surface area contributed by atoms with Crippen molar-refractivity contribution in [2.75, 3.05) is 31.2 Å². The molecule has 7 nitrogen and oxygen atoms in total. The fourth-order valence-corrected chi connectivity index (χ4v) is 4.00. The third kappa shape index (κ3) is 4.14. The first-order chi connectivity index (χ1) is 11.1. The highest BCUT2D eigenvalue weighted by Gasteiger charge is 2.21. The number of ether oxygens (including phenoxy) is 1. The number of halogens is 1. The minimum Gasteiger partial charge on any atom is -0.378 e. The van der Waals surface area contributed by atoms with Gasteiger partial charge in [-0.05, 0) is 5.92 Å². The Bertz CT molecular complexity index is 640. The van der Waals surface area contributed by atoms with Gasteiger partial charge in [0, 0.05) is 36.9 Å². The van der Waals surface area contributed by atoms with E-state index >= 15 is 0 Å². The van der Waals surface area contributed by atoms with Gasteiger partial charge in [0.1, 0.15) is 10.0 Å². The summed E-state index contributed by atoms with van der Waals surface area (Å²) in [5, 5.41) is 13.7. The Balaban J connectivity index is 1.78. The molecule has 1 saturated heterocycles. The van der Waals surface area contributed by atoms with Crippen molar-refractivity contribution in [2.24, 2.45) is 5.92 Å². The number of aromatic nitrogens is 5. The molecule has 2 aromatic heterocycles. The summed E-state index contributed by atoms with van der Waals surface area (Å²) in [4.78, 5) is 2.24. The maximum absolute atomic E-state index is 6.07. The second-order valence-electron chi connectivity index (χ2n) is 5.67. The average Bonchev–Trinajstić information content (AvgIpc) is 3.12. The molecule has 0 radical (unpaired) electrons. The summed E-state index contributed by atoms with van der Waals surface area (Å²) in [6, 6.07) is 0. The average molecular weight is 375 g/mol. The topological polar surface area (TPSA) is 69.0 Å². The molecular formula is C13H19ClN6OS2. The highest BCUT2D eigenvalue weighted by Crippen LogP contribution is 2.29. The van der Waals surface area contributed by atoms with Gasteiger partial charge in [0.2, 0.25) is 5.95 Å². The summed E-state index contributed by atoms with van der Waals surface area (Å²) >= 11 is 8.88. The van der Waals surface area contributed by atoms with Crippen molar-refractivity contribution in [1.82, 2.24) is 24.4 Å². The van der Waals surface area contributed by atoms with Crippen LogP contribution in [0.3, 0.4) is 0 Å². The van der Waals surface area contributed by atoms with Gasteiger partial charge in [0.25, 0.3) is 0 Å². The van der Waals surface area contributed by atoms with Crippen LogP contribution in [-0.4, -0.2) is 50.7 Å². The Hall–Kier alpha value is -0.900. The molecule has 0 bridgehead atoms. The molecule has 0 aliphatic carbocycles. The van der Waals surface area contributed by atoms with Crippen LogP contribution >= 0.6 is 34.9 Å². The zero-order chi connectivity index (χ0) is 16.2. The molecule has 1 aliphatic rings. The van der Waals surface area contributed by atoms with Gasteiger partial charge in [-0.1, -0.05) is 41.7 Å². The van der Waals surface area contributed by atoms with Crippen LogP contribution in [0, 0.1) is 5.92 Å². The Morgan fingerprint density at radius 2 is 2.04 bits per heavy atom. The van der Waals surface area contributed by atoms with Gasteiger partial charge in [-0.3, -0.25) is 4.57 Å². The Morgan fingerprint density at radius 3 is 2.70 bits per heavy atom. The molecule has 0 unspecified atom stereocenters. The second-order valence-corrected chi connectivity index (χ2v) is 7.97. The summed E-state index contributed by atoms with van der Waals surface area (Å²) in [7, 11) is 0. The quantitative estimate of drug-likeness (QED) is 0.719.